The molecule has 15 heavy (non-hydrogen) atoms. The summed E-state index contributed by atoms with van der Waals surface area (Å²) in [4.78, 5) is 15.3. The average molecular weight is 208 g/mol. The minimum Gasteiger partial charge on any atom is -0.465 e. The van der Waals surface area contributed by atoms with Crippen molar-refractivity contribution < 1.29 is 9.53 Å². The lowest BCUT2D eigenvalue weighted by Gasteiger charge is -2.12. The highest BCUT2D eigenvalue weighted by molar-refractivity contribution is 5.71. The maximum atomic E-state index is 11.1. The van der Waals surface area contributed by atoms with Crippen LogP contribution in [0.15, 0.2) is 24.4 Å². The number of carbonyl (C=O) groups excluding carboxylic acids is 1. The Hall–Kier alpha value is -1.42. The number of esters is 1. The van der Waals surface area contributed by atoms with E-state index in [2.05, 4.69) is 10.3 Å². The van der Waals surface area contributed by atoms with Crippen LogP contribution in [0.4, 0.5) is 0 Å². The van der Waals surface area contributed by atoms with Crippen molar-refractivity contribution in [3.63, 3.8) is 0 Å². The molecule has 0 fully saturated rings. The van der Waals surface area contributed by atoms with E-state index in [4.69, 9.17) is 4.74 Å². The van der Waals surface area contributed by atoms with Gasteiger partial charge in [-0.2, -0.15) is 0 Å². The van der Waals surface area contributed by atoms with Gasteiger partial charge in [-0.25, -0.2) is 0 Å². The Kier molecular flexibility index (Phi) is 4.77. The quantitative estimate of drug-likeness (QED) is 0.741. The predicted molar refractivity (Wildman–Crippen MR) is 57.3 cm³/mol. The van der Waals surface area contributed by atoms with Crippen LogP contribution in [-0.2, 0) is 9.53 Å². The molecular weight excluding hydrogens is 192 g/mol. The van der Waals surface area contributed by atoms with Crippen LogP contribution in [0.2, 0.25) is 0 Å². The molecule has 82 valence electrons. The first kappa shape index (κ1) is 11.7. The van der Waals surface area contributed by atoms with Crippen molar-refractivity contribution >= 4 is 5.97 Å². The summed E-state index contributed by atoms with van der Waals surface area (Å²) in [7, 11) is 0. The van der Waals surface area contributed by atoms with Crippen molar-refractivity contribution in [2.45, 2.75) is 19.9 Å². The molecule has 1 heterocycles. The van der Waals surface area contributed by atoms with E-state index in [1.165, 1.54) is 0 Å². The Morgan fingerprint density at radius 2 is 2.40 bits per heavy atom. The first-order chi connectivity index (χ1) is 7.24. The maximum Gasteiger partial charge on any atom is 0.319 e. The van der Waals surface area contributed by atoms with Crippen LogP contribution in [0.1, 0.15) is 25.6 Å². The largest absolute Gasteiger partial charge is 0.465 e. The zero-order valence-corrected chi connectivity index (χ0v) is 9.06. The van der Waals surface area contributed by atoms with Gasteiger partial charge in [0, 0.05) is 12.2 Å². The van der Waals surface area contributed by atoms with E-state index in [1.807, 2.05) is 25.1 Å². The number of carbonyl (C=O) groups is 1. The molecular formula is C11H16N2O2. The molecule has 1 atom stereocenters. The molecule has 0 aromatic carbocycles. The van der Waals surface area contributed by atoms with E-state index in [0.29, 0.717) is 6.61 Å². The minimum absolute atomic E-state index is 0.0515. The summed E-state index contributed by atoms with van der Waals surface area (Å²) >= 11 is 0. The van der Waals surface area contributed by atoms with Crippen molar-refractivity contribution in [1.29, 1.82) is 0 Å². The monoisotopic (exact) mass is 208 g/mol. The van der Waals surface area contributed by atoms with Gasteiger partial charge in [-0.15, -0.1) is 0 Å². The second-order valence-corrected chi connectivity index (χ2v) is 3.16. The Labute approximate surface area is 89.7 Å². The van der Waals surface area contributed by atoms with Gasteiger partial charge in [-0.3, -0.25) is 15.1 Å². The van der Waals surface area contributed by atoms with Crippen molar-refractivity contribution in [3.8, 4) is 0 Å². The lowest BCUT2D eigenvalue weighted by atomic mass is 10.2. The molecule has 0 bridgehead atoms. The third-order valence-electron chi connectivity index (χ3n) is 1.99. The van der Waals surface area contributed by atoms with Crippen molar-refractivity contribution in [2.24, 2.45) is 0 Å². The van der Waals surface area contributed by atoms with E-state index in [-0.39, 0.29) is 18.6 Å². The van der Waals surface area contributed by atoms with Crippen LogP contribution in [0, 0.1) is 0 Å². The minimum atomic E-state index is -0.236. The van der Waals surface area contributed by atoms with Gasteiger partial charge < -0.3 is 4.74 Å². The van der Waals surface area contributed by atoms with Crippen molar-refractivity contribution in [1.82, 2.24) is 10.3 Å². The van der Waals surface area contributed by atoms with Gasteiger partial charge in [0.1, 0.15) is 0 Å². The van der Waals surface area contributed by atoms with Crippen molar-refractivity contribution in [3.05, 3.63) is 30.1 Å². The second-order valence-electron chi connectivity index (χ2n) is 3.16. The molecule has 0 aliphatic rings. The Morgan fingerprint density at radius 3 is 3.00 bits per heavy atom. The molecule has 0 aliphatic heterocycles. The molecule has 1 N–H and O–H groups in total. The number of nitrogens with zero attached hydrogens (tertiary/aromatic N) is 1. The molecule has 0 radical (unpaired) electrons. The maximum absolute atomic E-state index is 11.1. The summed E-state index contributed by atoms with van der Waals surface area (Å²) in [6, 6.07) is 5.76. The molecule has 1 rings (SSSR count). The summed E-state index contributed by atoms with van der Waals surface area (Å²) in [6.45, 7) is 4.38. The zero-order chi connectivity index (χ0) is 11.1. The number of hydrogen-bond donors (Lipinski definition) is 1. The molecule has 0 spiro atoms. The number of ether oxygens (including phenoxy) is 1. The molecule has 1 aromatic heterocycles. The molecule has 0 saturated carbocycles. The molecule has 0 saturated heterocycles. The van der Waals surface area contributed by atoms with Gasteiger partial charge in [-0.1, -0.05) is 6.07 Å². The van der Waals surface area contributed by atoms with Gasteiger partial charge in [-0.05, 0) is 26.0 Å². The number of nitrogens with one attached hydrogen (secondary N) is 1. The fraction of sp³-hybridized carbons (Fsp3) is 0.455. The van der Waals surface area contributed by atoms with Gasteiger partial charge in [0.15, 0.2) is 0 Å². The van der Waals surface area contributed by atoms with Crippen LogP contribution >= 0.6 is 0 Å². The molecule has 0 aliphatic carbocycles. The van der Waals surface area contributed by atoms with Crippen LogP contribution < -0.4 is 5.32 Å². The molecule has 1 aromatic rings. The number of hydrogen-bond acceptors (Lipinski definition) is 4. The third kappa shape index (κ3) is 4.08. The zero-order valence-electron chi connectivity index (χ0n) is 9.06. The SMILES string of the molecule is CCOC(=O)CNC(C)c1ccccn1. The highest BCUT2D eigenvalue weighted by Gasteiger charge is 2.08. The lowest BCUT2D eigenvalue weighted by Crippen LogP contribution is -2.27. The highest BCUT2D eigenvalue weighted by atomic mass is 16.5. The topological polar surface area (TPSA) is 51.2 Å². The van der Waals surface area contributed by atoms with E-state index in [1.54, 1.807) is 13.1 Å². The summed E-state index contributed by atoms with van der Waals surface area (Å²) in [5, 5.41) is 3.05. The summed E-state index contributed by atoms with van der Waals surface area (Å²) in [6.07, 6.45) is 1.73. The summed E-state index contributed by atoms with van der Waals surface area (Å²) < 4.78 is 4.81. The first-order valence-corrected chi connectivity index (χ1v) is 5.04. The van der Waals surface area contributed by atoms with E-state index in [0.717, 1.165) is 5.69 Å². The number of pyridine rings is 1. The van der Waals surface area contributed by atoms with Gasteiger partial charge >= 0.3 is 5.97 Å². The molecule has 4 nitrogen and oxygen atoms in total. The number of rotatable bonds is 5. The average Bonchev–Trinajstić information content (AvgIpc) is 2.27. The van der Waals surface area contributed by atoms with Gasteiger partial charge in [0.05, 0.1) is 18.8 Å². The smallest absolute Gasteiger partial charge is 0.319 e. The standard InChI is InChI=1S/C11H16N2O2/c1-3-15-11(14)8-13-9(2)10-6-4-5-7-12-10/h4-7,9,13H,3,8H2,1-2H3. The van der Waals surface area contributed by atoms with E-state index < -0.39 is 0 Å². The van der Waals surface area contributed by atoms with Gasteiger partial charge in [0.2, 0.25) is 0 Å². The molecule has 0 amide bonds. The second kappa shape index (κ2) is 6.14. The first-order valence-electron chi connectivity index (χ1n) is 5.04. The Balaban J connectivity index is 2.37. The fourth-order valence-corrected chi connectivity index (χ4v) is 1.19. The lowest BCUT2D eigenvalue weighted by molar-refractivity contribution is -0.142. The summed E-state index contributed by atoms with van der Waals surface area (Å²) in [5.74, 6) is -0.236. The highest BCUT2D eigenvalue weighted by Crippen LogP contribution is 2.06. The third-order valence-corrected chi connectivity index (χ3v) is 1.99. The molecule has 4 heteroatoms. The van der Waals surface area contributed by atoms with Crippen LogP contribution in [0.25, 0.3) is 0 Å². The van der Waals surface area contributed by atoms with Crippen LogP contribution in [0.5, 0.6) is 0 Å². The van der Waals surface area contributed by atoms with Crippen LogP contribution in [0.3, 0.4) is 0 Å². The number of aromatic nitrogens is 1. The predicted octanol–water partition coefficient (Wildman–Crippen LogP) is 1.30. The van der Waals surface area contributed by atoms with Crippen LogP contribution in [-0.4, -0.2) is 24.1 Å². The van der Waals surface area contributed by atoms with E-state index in [9.17, 15) is 4.79 Å². The summed E-state index contributed by atoms with van der Waals surface area (Å²) in [5.41, 5.74) is 0.918. The van der Waals surface area contributed by atoms with Gasteiger partial charge in [0.25, 0.3) is 0 Å². The van der Waals surface area contributed by atoms with Crippen molar-refractivity contribution in [2.75, 3.05) is 13.2 Å². The fourth-order valence-electron chi connectivity index (χ4n) is 1.19. The Bertz CT molecular complexity index is 301. The normalized spacial score (nSPS) is 12.1. The van der Waals surface area contributed by atoms with E-state index >= 15 is 0 Å². The Morgan fingerprint density at radius 1 is 1.60 bits per heavy atom. The molecule has 1 unspecified atom stereocenters.